The number of rotatable bonds is 2. The van der Waals surface area contributed by atoms with E-state index in [1.165, 1.54) is 77.0 Å². The summed E-state index contributed by atoms with van der Waals surface area (Å²) in [6.07, 6.45) is 20.0. The molecular formula is C32H62N8O24S8Zn-8. The van der Waals surface area contributed by atoms with Crippen molar-refractivity contribution in [3.8, 4) is 0 Å². The van der Waals surface area contributed by atoms with Crippen LogP contribution in [0.1, 0.15) is 96.3 Å². The van der Waals surface area contributed by atoms with Crippen LogP contribution in [0.4, 0.5) is 0 Å². The first-order valence-electron chi connectivity index (χ1n) is 22.1. The maximum absolute atomic E-state index is 11.8. The predicted molar refractivity (Wildman–Crippen MR) is 246 cm³/mol. The molecule has 32 nitrogen and oxygen atoms in total. The van der Waals surface area contributed by atoms with Crippen molar-refractivity contribution in [2.75, 3.05) is 0 Å². The average Bonchev–Trinajstić information content (AvgIpc) is 3.98. The van der Waals surface area contributed by atoms with E-state index >= 15 is 0 Å². The molecule has 0 aromatic heterocycles. The van der Waals surface area contributed by atoms with E-state index in [1.807, 2.05) is 0 Å². The van der Waals surface area contributed by atoms with E-state index < -0.39 is 87.9 Å². The van der Waals surface area contributed by atoms with E-state index in [2.05, 4.69) is 42.5 Å². The molecule has 9 rings (SSSR count). The van der Waals surface area contributed by atoms with Gasteiger partial charge >= 0.3 is 0 Å². The van der Waals surface area contributed by atoms with E-state index in [9.17, 15) is 8.42 Å². The quantitative estimate of drug-likeness (QED) is 0.0760. The third-order valence-electron chi connectivity index (χ3n) is 14.0. The van der Waals surface area contributed by atoms with Gasteiger partial charge in [0.25, 0.3) is 0 Å². The summed E-state index contributed by atoms with van der Waals surface area (Å²) in [5, 5.41) is 32.9. The molecule has 41 heteroatoms. The van der Waals surface area contributed by atoms with Crippen molar-refractivity contribution in [2.45, 2.75) is 152 Å². The number of hydrogen-bond donors (Lipinski definition) is 15. The molecule has 4 aliphatic carbocycles. The molecule has 0 radical (unpaired) electrons. The van der Waals surface area contributed by atoms with Crippen molar-refractivity contribution in [3.63, 3.8) is 0 Å². The third kappa shape index (κ3) is 26.4. The zero-order valence-corrected chi connectivity index (χ0v) is 48.0. The number of nitrogens with one attached hydrogen (secondary N) is 8. The summed E-state index contributed by atoms with van der Waals surface area (Å²) in [5.74, 6) is 4.16. The van der Waals surface area contributed by atoms with Crippen LogP contribution in [-0.2, 0) is 179 Å². The van der Waals surface area contributed by atoms with Crippen molar-refractivity contribution in [1.82, 2.24) is 42.5 Å². The first-order valence-corrected chi connectivity index (χ1v) is 30.3. The zero-order valence-electron chi connectivity index (χ0n) is 38.5. The van der Waals surface area contributed by atoms with Gasteiger partial charge in [0.15, 0.2) is 0 Å². The molecule has 9 fully saturated rings. The summed E-state index contributed by atoms with van der Waals surface area (Å²) >= 11 is 0. The van der Waals surface area contributed by atoms with Gasteiger partial charge in [0.05, 0.1) is 60.3 Å². The molecule has 5 saturated heterocycles. The van der Waals surface area contributed by atoms with Crippen LogP contribution in [-0.4, -0.2) is 87.3 Å². The van der Waals surface area contributed by atoms with Gasteiger partial charge in [-0.3, -0.25) is 42.5 Å². The van der Waals surface area contributed by atoms with Gasteiger partial charge in [0, 0.05) is 108 Å². The molecule has 0 aromatic rings. The van der Waals surface area contributed by atoms with Gasteiger partial charge in [0.2, 0.25) is 0 Å². The van der Waals surface area contributed by atoms with E-state index in [0.29, 0.717) is 59.9 Å². The maximum Gasteiger partial charge on any atom is 0.0653 e. The van der Waals surface area contributed by atoms with Crippen LogP contribution >= 0.6 is 0 Å². The van der Waals surface area contributed by atoms with Gasteiger partial charge in [-0.2, -0.15) is 0 Å². The van der Waals surface area contributed by atoms with Crippen molar-refractivity contribution in [1.29, 1.82) is 0 Å². The summed E-state index contributed by atoms with van der Waals surface area (Å²) in [5.41, 5.74) is 0. The molecule has 17 atom stereocenters. The van der Waals surface area contributed by atoms with Gasteiger partial charge in [-0.25, -0.2) is 0 Å². The smallest absolute Gasteiger partial charge is 0.0653 e. The molecule has 432 valence electrons. The average molecular weight is 1260 g/mol. The molecule has 0 spiro atoms. The topological polar surface area (TPSA) is 520 Å². The van der Waals surface area contributed by atoms with Gasteiger partial charge in [-0.1, -0.05) is 44.9 Å². The van der Waals surface area contributed by atoms with Crippen LogP contribution in [0, 0.1) is 47.3 Å². The number of fused-ring (bicyclic) bond motifs is 20. The van der Waals surface area contributed by atoms with E-state index in [4.69, 9.17) is 95.0 Å². The summed E-state index contributed by atoms with van der Waals surface area (Å²) in [6, 6.07) is 0. The minimum absolute atomic E-state index is 0. The van der Waals surface area contributed by atoms with Crippen molar-refractivity contribution in [3.05, 3.63) is 0 Å². The molecule has 5 heterocycles. The Bertz CT molecular complexity index is 2050. The van der Waals surface area contributed by atoms with Crippen LogP contribution < -0.4 is 42.5 Å². The first-order chi connectivity index (χ1) is 33.7. The fourth-order valence-corrected chi connectivity index (χ4v) is 12.6. The fourth-order valence-electron chi connectivity index (χ4n) is 12.2. The standard InChI is InChI=1S/C32H55N8O3S.7HO3S.Zn/c41-44(42)43-23-15-7-14-22-24(23)32-39-30-21-13-6-5-12-20(21)28(37-30)35-26-17-9-2-1-8-16(17)25(33-26)34-27-18-10-3-4-11-19(18)29(36-27)38-31(22)40-32;7*1-4(2)3;/h16-40H,1-15H2;7*(H,1,2,3);/q8*-1;. The normalized spacial score (nSPS) is 36.6. The Morgan fingerprint density at radius 2 is 0.452 bits per heavy atom. The third-order valence-corrected chi connectivity index (χ3v) is 14.4. The molecular weight excluding hydrogens is 1200 g/mol. The molecule has 8 bridgehead atoms. The molecule has 5 aliphatic heterocycles. The van der Waals surface area contributed by atoms with Crippen molar-refractivity contribution >= 4 is 87.9 Å². The Balaban J connectivity index is 0.000000766. The van der Waals surface area contributed by atoms with E-state index in [0.717, 1.165) is 19.3 Å². The molecule has 4 saturated carbocycles. The molecule has 15 N–H and O–H groups in total. The zero-order chi connectivity index (χ0) is 54.4. The monoisotopic (exact) mass is 1260 g/mol. The van der Waals surface area contributed by atoms with Gasteiger partial charge in [0.1, 0.15) is 0 Å². The number of hydrogen-bond acceptors (Lipinski definition) is 33. The van der Waals surface area contributed by atoms with E-state index in [-0.39, 0.29) is 62.3 Å². The Morgan fingerprint density at radius 3 is 0.658 bits per heavy atom. The predicted octanol–water partition coefficient (Wildman–Crippen LogP) is 0.203. The second-order valence-electron chi connectivity index (χ2n) is 17.5. The second-order valence-corrected chi connectivity index (χ2v) is 21.2. The molecule has 0 amide bonds. The van der Waals surface area contributed by atoms with E-state index in [1.54, 1.807) is 0 Å². The van der Waals surface area contributed by atoms with Crippen LogP contribution in [0.3, 0.4) is 0 Å². The Kier molecular flexibility index (Phi) is 35.5. The van der Waals surface area contributed by atoms with Crippen LogP contribution in [0.25, 0.3) is 0 Å². The second kappa shape index (κ2) is 36.7. The van der Waals surface area contributed by atoms with Gasteiger partial charge < -0.3 is 103 Å². The van der Waals surface area contributed by atoms with Crippen LogP contribution in [0.2, 0.25) is 0 Å². The SMILES string of the molecule is O=[S-](=O)O.O=[S-](=O)O.O=[S-](=O)O.O=[S-](=O)O.O=[S-](=O)O.O=[S-](=O)O.O=[S-](=O)O.O=[S-](=O)OC1CCCC2C3NC4NC(NC5NC(NC6NC(NC(N3)C12)C1CCCCC61)C1CCCCC51)C1CCCCC41.[Zn]. The Labute approximate surface area is 449 Å². The summed E-state index contributed by atoms with van der Waals surface area (Å²) < 4.78 is 198. The molecule has 9 aliphatic rings. The summed E-state index contributed by atoms with van der Waals surface area (Å²) in [6.45, 7) is 0. The van der Waals surface area contributed by atoms with Gasteiger partial charge in [-0.15, -0.1) is 0 Å². The Hall–Kier alpha value is -0.417. The minimum Gasteiger partial charge on any atom is -0.439 e. The Morgan fingerprint density at radius 1 is 0.274 bits per heavy atom. The van der Waals surface area contributed by atoms with Gasteiger partial charge in [-0.05, 0) is 92.8 Å². The fraction of sp³-hybridized carbons (Fsp3) is 1.00. The van der Waals surface area contributed by atoms with Crippen molar-refractivity contribution < 1.29 is 123 Å². The maximum atomic E-state index is 11.8. The summed E-state index contributed by atoms with van der Waals surface area (Å²) in [4.78, 5) is 0. The van der Waals surface area contributed by atoms with Crippen LogP contribution in [0.5, 0.6) is 0 Å². The largest absolute Gasteiger partial charge is 0.439 e. The molecule has 17 unspecified atom stereocenters. The summed E-state index contributed by atoms with van der Waals surface area (Å²) in [7, 11) is -22.5. The van der Waals surface area contributed by atoms with Crippen LogP contribution in [0.15, 0.2) is 0 Å². The minimum atomic E-state index is -2.86. The molecule has 0 aromatic carbocycles. The van der Waals surface area contributed by atoms with Crippen molar-refractivity contribution in [2.24, 2.45) is 47.3 Å². The molecule has 73 heavy (non-hydrogen) atoms. The first kappa shape index (κ1) is 70.6.